The van der Waals surface area contributed by atoms with Crippen LogP contribution in [0.4, 0.5) is 29.1 Å². The third-order valence-corrected chi connectivity index (χ3v) is 5.82. The Morgan fingerprint density at radius 3 is 2.52 bits per heavy atom. The quantitative estimate of drug-likeness (QED) is 0.434. The fourth-order valence-electron chi connectivity index (χ4n) is 4.01. The van der Waals surface area contributed by atoms with E-state index in [4.69, 9.17) is 15.0 Å². The zero-order valence-electron chi connectivity index (χ0n) is 19.4. The third-order valence-electron chi connectivity index (χ3n) is 5.82. The number of imidazole rings is 1. The number of piperidine rings is 1. The lowest BCUT2D eigenvalue weighted by Gasteiger charge is -2.28. The van der Waals surface area contributed by atoms with E-state index in [-0.39, 0.29) is 5.41 Å². The van der Waals surface area contributed by atoms with Crippen molar-refractivity contribution in [2.24, 2.45) is 0 Å². The van der Waals surface area contributed by atoms with Gasteiger partial charge in [-0.25, -0.2) is 9.97 Å². The summed E-state index contributed by atoms with van der Waals surface area (Å²) in [4.78, 5) is 21.1. The number of hydrogen-bond acceptors (Lipinski definition) is 7. The van der Waals surface area contributed by atoms with E-state index in [0.717, 1.165) is 47.6 Å². The molecule has 33 heavy (non-hydrogen) atoms. The average molecular weight is 443 g/mol. The van der Waals surface area contributed by atoms with E-state index in [1.807, 2.05) is 47.1 Å². The zero-order chi connectivity index (χ0) is 22.8. The highest BCUT2D eigenvalue weighted by Crippen LogP contribution is 2.27. The Morgan fingerprint density at radius 1 is 0.848 bits per heavy atom. The van der Waals surface area contributed by atoms with Gasteiger partial charge in [-0.2, -0.15) is 9.97 Å². The lowest BCUT2D eigenvalue weighted by molar-refractivity contribution is 0.569. The van der Waals surface area contributed by atoms with Gasteiger partial charge in [-0.1, -0.05) is 26.8 Å². The lowest BCUT2D eigenvalue weighted by atomic mass is 9.92. The Hall–Kier alpha value is -3.68. The largest absolute Gasteiger partial charge is 0.356 e. The summed E-state index contributed by atoms with van der Waals surface area (Å²) in [6.45, 7) is 8.49. The number of nitrogens with zero attached hydrogens (tertiary/aromatic N) is 6. The van der Waals surface area contributed by atoms with E-state index in [1.54, 1.807) is 6.20 Å². The van der Waals surface area contributed by atoms with Crippen LogP contribution in [-0.4, -0.2) is 37.4 Å². The van der Waals surface area contributed by atoms with Crippen molar-refractivity contribution in [1.82, 2.24) is 24.3 Å². The molecular formula is C25H30N8. The van der Waals surface area contributed by atoms with Crippen LogP contribution in [0.15, 0.2) is 55.0 Å². The Bertz CT molecular complexity index is 1250. The summed E-state index contributed by atoms with van der Waals surface area (Å²) in [7, 11) is 0. The number of hydrogen-bond donors (Lipinski definition) is 2. The van der Waals surface area contributed by atoms with Crippen LogP contribution < -0.4 is 15.5 Å². The second kappa shape index (κ2) is 8.69. The normalized spacial score (nSPS) is 14.5. The maximum Gasteiger partial charge on any atom is 0.232 e. The molecule has 0 aromatic carbocycles. The fraction of sp³-hybridized carbons (Fsp3) is 0.360. The number of anilines is 5. The smallest absolute Gasteiger partial charge is 0.232 e. The van der Waals surface area contributed by atoms with Gasteiger partial charge in [0.25, 0.3) is 0 Å². The van der Waals surface area contributed by atoms with Crippen LogP contribution in [0.3, 0.4) is 0 Å². The third kappa shape index (κ3) is 4.89. The molecule has 0 bridgehead atoms. The zero-order valence-corrected chi connectivity index (χ0v) is 19.4. The van der Waals surface area contributed by atoms with Gasteiger partial charge < -0.3 is 19.9 Å². The minimum absolute atomic E-state index is 0.0353. The molecule has 0 spiro atoms. The topological polar surface area (TPSA) is 83.3 Å². The number of fused-ring (bicyclic) bond motifs is 1. The number of pyridine rings is 2. The molecule has 0 radical (unpaired) electrons. The van der Waals surface area contributed by atoms with Gasteiger partial charge in [0, 0.05) is 60.6 Å². The van der Waals surface area contributed by atoms with Gasteiger partial charge in [0.2, 0.25) is 5.95 Å². The lowest BCUT2D eigenvalue weighted by Crippen LogP contribution is -2.30. The summed E-state index contributed by atoms with van der Waals surface area (Å²) in [5.41, 5.74) is 2.79. The van der Waals surface area contributed by atoms with Crippen LogP contribution in [0.2, 0.25) is 0 Å². The van der Waals surface area contributed by atoms with Crippen molar-refractivity contribution in [3.05, 3.63) is 60.7 Å². The van der Waals surface area contributed by atoms with Gasteiger partial charge in [0.1, 0.15) is 23.1 Å². The van der Waals surface area contributed by atoms with E-state index in [9.17, 15) is 0 Å². The van der Waals surface area contributed by atoms with Crippen LogP contribution in [0.5, 0.6) is 0 Å². The molecule has 0 amide bonds. The molecule has 4 aromatic rings. The van der Waals surface area contributed by atoms with Crippen LogP contribution in [0.1, 0.15) is 45.7 Å². The van der Waals surface area contributed by atoms with Gasteiger partial charge in [-0.05, 0) is 37.5 Å². The van der Waals surface area contributed by atoms with Crippen LogP contribution in [-0.2, 0) is 5.41 Å². The first-order valence-corrected chi connectivity index (χ1v) is 11.5. The van der Waals surface area contributed by atoms with E-state index in [0.29, 0.717) is 5.95 Å². The van der Waals surface area contributed by atoms with E-state index < -0.39 is 0 Å². The van der Waals surface area contributed by atoms with Gasteiger partial charge in [0.05, 0.1) is 0 Å². The summed E-state index contributed by atoms with van der Waals surface area (Å²) in [6, 6.07) is 12.1. The number of rotatable bonds is 5. The van der Waals surface area contributed by atoms with Crippen LogP contribution in [0, 0.1) is 0 Å². The summed E-state index contributed by atoms with van der Waals surface area (Å²) in [5.74, 6) is 2.92. The first-order chi connectivity index (χ1) is 15.9. The predicted octanol–water partition coefficient (Wildman–Crippen LogP) is 5.29. The predicted molar refractivity (Wildman–Crippen MR) is 133 cm³/mol. The van der Waals surface area contributed by atoms with Crippen molar-refractivity contribution in [3.8, 4) is 0 Å². The Morgan fingerprint density at radius 2 is 1.70 bits per heavy atom. The van der Waals surface area contributed by atoms with Crippen molar-refractivity contribution in [3.63, 3.8) is 0 Å². The molecule has 2 N–H and O–H groups in total. The van der Waals surface area contributed by atoms with Crippen LogP contribution >= 0.6 is 0 Å². The van der Waals surface area contributed by atoms with Crippen molar-refractivity contribution < 1.29 is 0 Å². The molecule has 5 rings (SSSR count). The van der Waals surface area contributed by atoms with E-state index >= 15 is 0 Å². The van der Waals surface area contributed by atoms with Crippen molar-refractivity contribution in [2.75, 3.05) is 28.6 Å². The summed E-state index contributed by atoms with van der Waals surface area (Å²) < 4.78 is 1.98. The molecular weight excluding hydrogens is 412 g/mol. The Labute approximate surface area is 194 Å². The number of aromatic nitrogens is 5. The maximum atomic E-state index is 4.83. The van der Waals surface area contributed by atoms with Crippen LogP contribution in [0.25, 0.3) is 5.65 Å². The molecule has 0 atom stereocenters. The molecule has 0 aliphatic carbocycles. The standard InChI is InChI=1S/C25H30N8/c1-25(2,3)19-8-7-9-20(28-19)29-24-30-21(17-23(31-24)32-12-5-4-6-13-32)27-18-10-14-33-15-11-26-22(33)16-18/h7-11,14-17H,4-6,12-13H2,1-3H3,(H2,27,28,29,30,31). The van der Waals surface area contributed by atoms with E-state index in [1.165, 1.54) is 19.3 Å². The highest BCUT2D eigenvalue weighted by Gasteiger charge is 2.18. The van der Waals surface area contributed by atoms with Gasteiger partial charge in [0.15, 0.2) is 0 Å². The fourth-order valence-corrected chi connectivity index (χ4v) is 4.01. The van der Waals surface area contributed by atoms with Crippen molar-refractivity contribution in [1.29, 1.82) is 0 Å². The van der Waals surface area contributed by atoms with Gasteiger partial charge in [-0.15, -0.1) is 0 Å². The van der Waals surface area contributed by atoms with Crippen molar-refractivity contribution in [2.45, 2.75) is 45.4 Å². The molecule has 1 fully saturated rings. The first-order valence-electron chi connectivity index (χ1n) is 11.5. The molecule has 8 nitrogen and oxygen atoms in total. The van der Waals surface area contributed by atoms with E-state index in [2.05, 4.69) is 47.4 Å². The second-order valence-corrected chi connectivity index (χ2v) is 9.50. The first kappa shape index (κ1) is 21.2. The van der Waals surface area contributed by atoms with Gasteiger partial charge in [-0.3, -0.25) is 0 Å². The highest BCUT2D eigenvalue weighted by molar-refractivity contribution is 5.65. The maximum absolute atomic E-state index is 4.83. The summed E-state index contributed by atoms with van der Waals surface area (Å²) >= 11 is 0. The Kier molecular flexibility index (Phi) is 5.58. The Balaban J connectivity index is 1.47. The molecule has 170 valence electrons. The second-order valence-electron chi connectivity index (χ2n) is 9.50. The highest BCUT2D eigenvalue weighted by atomic mass is 15.3. The minimum atomic E-state index is -0.0353. The minimum Gasteiger partial charge on any atom is -0.356 e. The molecule has 0 unspecified atom stereocenters. The molecule has 1 aliphatic heterocycles. The molecule has 1 saturated heterocycles. The number of nitrogens with one attached hydrogen (secondary N) is 2. The molecule has 4 aromatic heterocycles. The van der Waals surface area contributed by atoms with Gasteiger partial charge >= 0.3 is 0 Å². The summed E-state index contributed by atoms with van der Waals surface area (Å²) in [5, 5.41) is 6.77. The molecule has 8 heteroatoms. The molecule has 0 saturated carbocycles. The molecule has 1 aliphatic rings. The summed E-state index contributed by atoms with van der Waals surface area (Å²) in [6.07, 6.45) is 9.34. The van der Waals surface area contributed by atoms with Crippen molar-refractivity contribution >= 4 is 34.7 Å². The monoisotopic (exact) mass is 442 g/mol. The average Bonchev–Trinajstić information content (AvgIpc) is 3.27. The SMILES string of the molecule is CC(C)(C)c1cccc(Nc2nc(Nc3ccn4ccnc4c3)cc(N3CCCCC3)n2)n1. The molecule has 5 heterocycles.